The quantitative estimate of drug-likeness (QED) is 0.575. The van der Waals surface area contributed by atoms with Crippen molar-refractivity contribution >= 4 is 17.6 Å². The number of hydrogen-bond donors (Lipinski definition) is 0. The van der Waals surface area contributed by atoms with E-state index in [0.29, 0.717) is 0 Å². The summed E-state index contributed by atoms with van der Waals surface area (Å²) in [5.41, 5.74) is 0. The molecule has 10 heavy (non-hydrogen) atoms. The van der Waals surface area contributed by atoms with Crippen LogP contribution in [0.1, 0.15) is 19.8 Å². The summed E-state index contributed by atoms with van der Waals surface area (Å²) in [5, 5.41) is 1.21. The minimum Gasteiger partial charge on any atom is -0.0722 e. The summed E-state index contributed by atoms with van der Waals surface area (Å²) in [7, 11) is -0.599. The highest BCUT2D eigenvalue weighted by Crippen LogP contribution is 2.20. The van der Waals surface area contributed by atoms with Crippen LogP contribution in [-0.2, 0) is 0 Å². The van der Waals surface area contributed by atoms with E-state index in [1.54, 1.807) is 0 Å². The summed E-state index contributed by atoms with van der Waals surface area (Å²) in [6, 6.07) is 0. The third-order valence-electron chi connectivity index (χ3n) is 2.33. The van der Waals surface area contributed by atoms with Gasteiger partial charge in [0, 0.05) is 17.6 Å². The monoisotopic (exact) mass is 174 g/mol. The Morgan fingerprint density at radius 3 is 1.50 bits per heavy atom. The van der Waals surface area contributed by atoms with E-state index in [9.17, 15) is 0 Å². The predicted octanol–water partition coefficient (Wildman–Crippen LogP) is 2.67. The highest BCUT2D eigenvalue weighted by molar-refractivity contribution is 6.77. The van der Waals surface area contributed by atoms with Gasteiger partial charge in [-0.3, -0.25) is 0 Å². The molecule has 0 nitrogen and oxygen atoms in total. The molecule has 2 heteroatoms. The SMILES string of the molecule is CCCC([SiH](C)C)[SiH](C)C. The molecule has 0 fully saturated rings. The molecule has 0 saturated carbocycles. The molecule has 0 bridgehead atoms. The Bertz CT molecular complexity index is 71.3. The van der Waals surface area contributed by atoms with Gasteiger partial charge in [-0.25, -0.2) is 0 Å². The van der Waals surface area contributed by atoms with Gasteiger partial charge in [-0.15, -0.1) is 0 Å². The number of hydrogen-bond acceptors (Lipinski definition) is 0. The first-order valence-electron chi connectivity index (χ1n) is 4.59. The zero-order chi connectivity index (χ0) is 8.15. The second-order valence-corrected chi connectivity index (χ2v) is 11.4. The topological polar surface area (TPSA) is 0 Å². The van der Waals surface area contributed by atoms with E-state index in [1.807, 2.05) is 0 Å². The van der Waals surface area contributed by atoms with E-state index in [0.717, 1.165) is 0 Å². The molecule has 0 saturated heterocycles. The summed E-state index contributed by atoms with van der Waals surface area (Å²) < 4.78 is 0. The summed E-state index contributed by atoms with van der Waals surface area (Å²) in [5.74, 6) is 0. The van der Waals surface area contributed by atoms with Crippen LogP contribution in [0.15, 0.2) is 0 Å². The van der Waals surface area contributed by atoms with Gasteiger partial charge in [0.2, 0.25) is 0 Å². The molecule has 0 unspecified atom stereocenters. The molecule has 0 aliphatic heterocycles. The van der Waals surface area contributed by atoms with Crippen LogP contribution in [0.5, 0.6) is 0 Å². The van der Waals surface area contributed by atoms with Gasteiger partial charge in [0.1, 0.15) is 0 Å². The Morgan fingerprint density at radius 2 is 1.40 bits per heavy atom. The van der Waals surface area contributed by atoms with Crippen molar-refractivity contribution in [3.63, 3.8) is 0 Å². The average molecular weight is 174 g/mol. The van der Waals surface area contributed by atoms with E-state index in [2.05, 4.69) is 33.1 Å². The van der Waals surface area contributed by atoms with E-state index in [4.69, 9.17) is 0 Å². The first-order chi connectivity index (χ1) is 4.59. The van der Waals surface area contributed by atoms with Gasteiger partial charge in [-0.2, -0.15) is 0 Å². The van der Waals surface area contributed by atoms with Crippen molar-refractivity contribution in [2.24, 2.45) is 0 Å². The van der Waals surface area contributed by atoms with E-state index < -0.39 is 0 Å². The lowest BCUT2D eigenvalue weighted by atomic mass is 10.4. The van der Waals surface area contributed by atoms with E-state index >= 15 is 0 Å². The number of rotatable bonds is 4. The van der Waals surface area contributed by atoms with Crippen LogP contribution >= 0.6 is 0 Å². The third-order valence-corrected chi connectivity index (χ3v) is 11.0. The van der Waals surface area contributed by atoms with E-state index in [1.165, 1.54) is 18.0 Å². The molecule has 0 aromatic carbocycles. The molecule has 0 radical (unpaired) electrons. The van der Waals surface area contributed by atoms with Crippen LogP contribution in [0, 0.1) is 0 Å². The Hall–Kier alpha value is 0.434. The second kappa shape index (κ2) is 5.13. The molecule has 0 aromatic rings. The maximum atomic E-state index is 2.51. The highest BCUT2D eigenvalue weighted by atomic mass is 28.3. The van der Waals surface area contributed by atoms with Gasteiger partial charge in [0.25, 0.3) is 0 Å². The van der Waals surface area contributed by atoms with Crippen LogP contribution in [0.4, 0.5) is 0 Å². The van der Waals surface area contributed by atoms with E-state index in [-0.39, 0.29) is 17.6 Å². The van der Waals surface area contributed by atoms with Crippen molar-refractivity contribution in [3.05, 3.63) is 0 Å². The van der Waals surface area contributed by atoms with Gasteiger partial charge in [-0.1, -0.05) is 51.1 Å². The molecular weight excluding hydrogens is 152 g/mol. The molecule has 0 aromatic heterocycles. The largest absolute Gasteiger partial charge is 0.0722 e. The minimum absolute atomic E-state index is 0.299. The van der Waals surface area contributed by atoms with Crippen molar-refractivity contribution in [2.75, 3.05) is 0 Å². The smallest absolute Gasteiger partial charge is 0.0307 e. The van der Waals surface area contributed by atoms with Crippen molar-refractivity contribution in [3.8, 4) is 0 Å². The molecule has 0 rings (SSSR count). The fraction of sp³-hybridized carbons (Fsp3) is 1.00. The molecule has 62 valence electrons. The van der Waals surface area contributed by atoms with Gasteiger partial charge < -0.3 is 0 Å². The molecule has 0 heterocycles. The zero-order valence-electron chi connectivity index (χ0n) is 8.15. The normalized spacial score (nSPS) is 12.0. The lowest BCUT2D eigenvalue weighted by Crippen LogP contribution is -2.24. The molecule has 0 aliphatic rings. The predicted molar refractivity (Wildman–Crippen MR) is 56.4 cm³/mol. The van der Waals surface area contributed by atoms with Crippen LogP contribution in [-0.4, -0.2) is 17.6 Å². The van der Waals surface area contributed by atoms with Crippen LogP contribution in [0.2, 0.25) is 31.4 Å². The van der Waals surface area contributed by atoms with Crippen LogP contribution in [0.25, 0.3) is 0 Å². The van der Waals surface area contributed by atoms with Crippen molar-refractivity contribution in [1.29, 1.82) is 0 Å². The summed E-state index contributed by atoms with van der Waals surface area (Å²) in [6.07, 6.45) is 2.93. The van der Waals surface area contributed by atoms with Crippen molar-refractivity contribution in [2.45, 2.75) is 51.1 Å². The van der Waals surface area contributed by atoms with Gasteiger partial charge >= 0.3 is 0 Å². The van der Waals surface area contributed by atoms with Gasteiger partial charge in [-0.05, 0) is 0 Å². The maximum absolute atomic E-state index is 2.51. The van der Waals surface area contributed by atoms with Crippen LogP contribution in [0.3, 0.4) is 0 Å². The maximum Gasteiger partial charge on any atom is 0.0307 e. The Balaban J connectivity index is 3.73. The highest BCUT2D eigenvalue weighted by Gasteiger charge is 2.17. The molecule has 0 amide bonds. The fourth-order valence-corrected chi connectivity index (χ4v) is 9.93. The summed E-state index contributed by atoms with van der Waals surface area (Å²) in [4.78, 5) is 0. The molecule has 0 atom stereocenters. The first kappa shape index (κ1) is 10.4. The van der Waals surface area contributed by atoms with Crippen molar-refractivity contribution in [1.82, 2.24) is 0 Å². The Morgan fingerprint density at radius 1 is 1.00 bits per heavy atom. The van der Waals surface area contributed by atoms with Gasteiger partial charge in [0.05, 0.1) is 0 Å². The lowest BCUT2D eigenvalue weighted by Gasteiger charge is -2.21. The summed E-state index contributed by atoms with van der Waals surface area (Å²) in [6.45, 7) is 12.3. The molecule has 0 N–H and O–H groups in total. The average Bonchev–Trinajstić information content (AvgIpc) is 1.81. The third kappa shape index (κ3) is 3.57. The Kier molecular flexibility index (Phi) is 5.36. The second-order valence-electron chi connectivity index (χ2n) is 3.94. The Labute approximate surface area is 69.2 Å². The van der Waals surface area contributed by atoms with Crippen LogP contribution < -0.4 is 0 Å². The fourth-order valence-electron chi connectivity index (χ4n) is 1.77. The summed E-state index contributed by atoms with van der Waals surface area (Å²) >= 11 is 0. The van der Waals surface area contributed by atoms with Crippen molar-refractivity contribution < 1.29 is 0 Å². The zero-order valence-corrected chi connectivity index (χ0v) is 10.5. The molecule has 0 spiro atoms. The molecule has 0 aliphatic carbocycles. The molecular formula is C8H22Si2. The van der Waals surface area contributed by atoms with Gasteiger partial charge in [0.15, 0.2) is 0 Å². The standard InChI is InChI=1S/C8H22Si2/c1-6-7-8(9(2)3)10(4)5/h8-10H,6-7H2,1-5H3. The first-order valence-corrected chi connectivity index (χ1v) is 10.5. The minimum atomic E-state index is -0.299. The lowest BCUT2D eigenvalue weighted by molar-refractivity contribution is 0.830.